The average molecular weight is 308 g/mol. The van der Waals surface area contributed by atoms with Crippen LogP contribution in [0.5, 0.6) is 5.75 Å². The Morgan fingerprint density at radius 1 is 1.00 bits per heavy atom. The molecule has 120 valence electrons. The molecule has 1 N–H and O–H groups in total. The number of benzene rings is 2. The molecule has 1 fully saturated rings. The first-order valence-corrected chi connectivity index (χ1v) is 8.64. The van der Waals surface area contributed by atoms with E-state index in [1.165, 1.54) is 16.8 Å². The Balaban J connectivity index is 1.40. The van der Waals surface area contributed by atoms with E-state index in [4.69, 9.17) is 4.74 Å². The summed E-state index contributed by atoms with van der Waals surface area (Å²) in [7, 11) is 0. The molecule has 2 aromatic rings. The molecule has 3 nitrogen and oxygen atoms in total. The van der Waals surface area contributed by atoms with Crippen molar-refractivity contribution in [3.63, 3.8) is 0 Å². The van der Waals surface area contributed by atoms with Crippen LogP contribution in [0.2, 0.25) is 0 Å². The van der Waals surface area contributed by atoms with Gasteiger partial charge in [0.25, 0.3) is 0 Å². The van der Waals surface area contributed by atoms with Gasteiger partial charge in [-0.15, -0.1) is 0 Å². The van der Waals surface area contributed by atoms with E-state index in [0.717, 1.165) is 51.4 Å². The standard InChI is InChI=1S/C20H24N2O/c1-2-4-20-18(3-1)14-17(15-23-20)13-16-5-7-19(8-6-16)22-11-9-21-10-12-22/h1-8,17,21H,9-15H2/t17-/m1/s1. The van der Waals surface area contributed by atoms with Crippen LogP contribution >= 0.6 is 0 Å². The third kappa shape index (κ3) is 3.35. The van der Waals surface area contributed by atoms with Gasteiger partial charge in [0, 0.05) is 37.8 Å². The molecule has 0 radical (unpaired) electrons. The minimum Gasteiger partial charge on any atom is -0.493 e. The van der Waals surface area contributed by atoms with Crippen molar-refractivity contribution in [2.75, 3.05) is 37.7 Å². The Labute approximate surface area is 138 Å². The van der Waals surface area contributed by atoms with Gasteiger partial charge in [-0.05, 0) is 42.2 Å². The van der Waals surface area contributed by atoms with Crippen LogP contribution in [-0.2, 0) is 12.8 Å². The monoisotopic (exact) mass is 308 g/mol. The molecule has 0 amide bonds. The van der Waals surface area contributed by atoms with E-state index in [9.17, 15) is 0 Å². The molecule has 1 saturated heterocycles. The average Bonchev–Trinajstić information content (AvgIpc) is 2.63. The second-order valence-corrected chi connectivity index (χ2v) is 6.60. The fourth-order valence-corrected chi connectivity index (χ4v) is 3.62. The van der Waals surface area contributed by atoms with Crippen molar-refractivity contribution >= 4 is 5.69 Å². The molecule has 0 aliphatic carbocycles. The molecule has 2 aliphatic heterocycles. The minimum atomic E-state index is 0.579. The highest BCUT2D eigenvalue weighted by Gasteiger charge is 2.20. The minimum absolute atomic E-state index is 0.579. The molecule has 0 saturated carbocycles. The van der Waals surface area contributed by atoms with Gasteiger partial charge in [0.2, 0.25) is 0 Å². The highest BCUT2D eigenvalue weighted by atomic mass is 16.5. The molecule has 2 heterocycles. The molecule has 0 spiro atoms. The summed E-state index contributed by atoms with van der Waals surface area (Å²) < 4.78 is 5.91. The highest BCUT2D eigenvalue weighted by molar-refractivity contribution is 5.48. The maximum Gasteiger partial charge on any atom is 0.122 e. The van der Waals surface area contributed by atoms with Gasteiger partial charge in [-0.3, -0.25) is 0 Å². The lowest BCUT2D eigenvalue weighted by molar-refractivity contribution is 0.221. The lowest BCUT2D eigenvalue weighted by Gasteiger charge is -2.29. The summed E-state index contributed by atoms with van der Waals surface area (Å²) in [6.07, 6.45) is 2.21. The number of para-hydroxylation sites is 1. The van der Waals surface area contributed by atoms with E-state index in [0.29, 0.717) is 5.92 Å². The SMILES string of the molecule is c1ccc2c(c1)C[C@@H](Cc1ccc(N3CCNCC3)cc1)CO2. The predicted molar refractivity (Wildman–Crippen MR) is 94.4 cm³/mol. The fraction of sp³-hybridized carbons (Fsp3) is 0.400. The van der Waals surface area contributed by atoms with Gasteiger partial charge in [0.05, 0.1) is 6.61 Å². The first-order valence-electron chi connectivity index (χ1n) is 8.64. The third-order valence-corrected chi connectivity index (χ3v) is 4.90. The molecule has 3 heteroatoms. The van der Waals surface area contributed by atoms with Crippen molar-refractivity contribution in [3.8, 4) is 5.75 Å². The molecule has 2 aliphatic rings. The second-order valence-electron chi connectivity index (χ2n) is 6.60. The lowest BCUT2D eigenvalue weighted by atomic mass is 9.91. The van der Waals surface area contributed by atoms with Crippen molar-refractivity contribution < 1.29 is 4.74 Å². The summed E-state index contributed by atoms with van der Waals surface area (Å²) in [5, 5.41) is 3.40. The number of ether oxygens (including phenoxy) is 1. The molecule has 2 aromatic carbocycles. The van der Waals surface area contributed by atoms with Gasteiger partial charge < -0.3 is 15.0 Å². The number of nitrogens with one attached hydrogen (secondary N) is 1. The maximum absolute atomic E-state index is 5.91. The van der Waals surface area contributed by atoms with E-state index < -0.39 is 0 Å². The first kappa shape index (κ1) is 14.6. The van der Waals surface area contributed by atoms with Crippen LogP contribution < -0.4 is 15.0 Å². The topological polar surface area (TPSA) is 24.5 Å². The van der Waals surface area contributed by atoms with E-state index in [-0.39, 0.29) is 0 Å². The van der Waals surface area contributed by atoms with Crippen LogP contribution in [0.4, 0.5) is 5.69 Å². The van der Waals surface area contributed by atoms with E-state index in [2.05, 4.69) is 52.7 Å². The number of piperazine rings is 1. The first-order chi connectivity index (χ1) is 11.4. The number of rotatable bonds is 3. The molecule has 0 unspecified atom stereocenters. The summed E-state index contributed by atoms with van der Waals surface area (Å²) in [6.45, 7) is 5.21. The van der Waals surface area contributed by atoms with Crippen molar-refractivity contribution in [1.29, 1.82) is 0 Å². The van der Waals surface area contributed by atoms with Gasteiger partial charge in [-0.25, -0.2) is 0 Å². The molecule has 0 aromatic heterocycles. The Kier molecular flexibility index (Phi) is 4.20. The van der Waals surface area contributed by atoms with Crippen molar-refractivity contribution in [1.82, 2.24) is 5.32 Å². The van der Waals surface area contributed by atoms with Gasteiger partial charge in [0.15, 0.2) is 0 Å². The second kappa shape index (κ2) is 6.63. The molecule has 1 atom stereocenters. The predicted octanol–water partition coefficient (Wildman–Crippen LogP) is 2.89. The van der Waals surface area contributed by atoms with Crippen LogP contribution in [0.1, 0.15) is 11.1 Å². The van der Waals surface area contributed by atoms with Crippen LogP contribution in [0.3, 0.4) is 0 Å². The van der Waals surface area contributed by atoms with Crippen LogP contribution in [0, 0.1) is 5.92 Å². The molecular weight excluding hydrogens is 284 g/mol. The zero-order chi connectivity index (χ0) is 15.5. The zero-order valence-electron chi connectivity index (χ0n) is 13.5. The molecule has 0 bridgehead atoms. The van der Waals surface area contributed by atoms with E-state index in [1.54, 1.807) is 0 Å². The summed E-state index contributed by atoms with van der Waals surface area (Å²) in [5.41, 5.74) is 4.11. The quantitative estimate of drug-likeness (QED) is 0.943. The molecule has 4 rings (SSSR count). The van der Waals surface area contributed by atoms with Crippen molar-refractivity contribution in [2.45, 2.75) is 12.8 Å². The van der Waals surface area contributed by atoms with E-state index >= 15 is 0 Å². The van der Waals surface area contributed by atoms with Gasteiger partial charge >= 0.3 is 0 Å². The van der Waals surface area contributed by atoms with Crippen molar-refractivity contribution in [3.05, 3.63) is 59.7 Å². The Morgan fingerprint density at radius 3 is 2.61 bits per heavy atom. The summed E-state index contributed by atoms with van der Waals surface area (Å²) in [6, 6.07) is 17.6. The Bertz CT molecular complexity index is 647. The highest BCUT2D eigenvalue weighted by Crippen LogP contribution is 2.28. The van der Waals surface area contributed by atoms with Gasteiger partial charge in [0.1, 0.15) is 5.75 Å². The number of hydrogen-bond donors (Lipinski definition) is 1. The summed E-state index contributed by atoms with van der Waals surface area (Å²) >= 11 is 0. The number of anilines is 1. The van der Waals surface area contributed by atoms with Gasteiger partial charge in [-0.2, -0.15) is 0 Å². The van der Waals surface area contributed by atoms with Crippen LogP contribution in [0.25, 0.3) is 0 Å². The molecule has 23 heavy (non-hydrogen) atoms. The fourth-order valence-electron chi connectivity index (χ4n) is 3.62. The van der Waals surface area contributed by atoms with Crippen LogP contribution in [0.15, 0.2) is 48.5 Å². The Hall–Kier alpha value is -2.00. The smallest absolute Gasteiger partial charge is 0.122 e. The Morgan fingerprint density at radius 2 is 1.78 bits per heavy atom. The van der Waals surface area contributed by atoms with Gasteiger partial charge in [-0.1, -0.05) is 30.3 Å². The van der Waals surface area contributed by atoms with Crippen LogP contribution in [-0.4, -0.2) is 32.8 Å². The van der Waals surface area contributed by atoms with Crippen molar-refractivity contribution in [2.24, 2.45) is 5.92 Å². The number of hydrogen-bond acceptors (Lipinski definition) is 3. The normalized spacial score (nSPS) is 20.7. The summed E-state index contributed by atoms with van der Waals surface area (Å²) in [5.74, 6) is 1.65. The lowest BCUT2D eigenvalue weighted by Crippen LogP contribution is -2.43. The molecular formula is C20H24N2O. The summed E-state index contributed by atoms with van der Waals surface area (Å²) in [4.78, 5) is 2.46. The maximum atomic E-state index is 5.91. The number of nitrogens with zero attached hydrogens (tertiary/aromatic N) is 1. The zero-order valence-corrected chi connectivity index (χ0v) is 13.5. The number of fused-ring (bicyclic) bond motifs is 1. The largest absolute Gasteiger partial charge is 0.493 e. The third-order valence-electron chi connectivity index (χ3n) is 4.90. The van der Waals surface area contributed by atoms with E-state index in [1.807, 2.05) is 6.07 Å².